The SMILES string of the molecule is COc1cncc(-c2ccc(C(C)(N)C(C)C)cc2)c1. The lowest BCUT2D eigenvalue weighted by Gasteiger charge is -2.29. The summed E-state index contributed by atoms with van der Waals surface area (Å²) in [5.41, 5.74) is 9.37. The van der Waals surface area contributed by atoms with Gasteiger partial charge in [0.15, 0.2) is 0 Å². The van der Waals surface area contributed by atoms with Crippen molar-refractivity contribution < 1.29 is 4.74 Å². The molecule has 1 unspecified atom stereocenters. The quantitative estimate of drug-likeness (QED) is 0.923. The van der Waals surface area contributed by atoms with E-state index in [1.807, 2.05) is 12.3 Å². The van der Waals surface area contributed by atoms with E-state index in [4.69, 9.17) is 10.5 Å². The average molecular weight is 270 g/mol. The summed E-state index contributed by atoms with van der Waals surface area (Å²) < 4.78 is 5.20. The van der Waals surface area contributed by atoms with Crippen molar-refractivity contribution in [3.8, 4) is 16.9 Å². The summed E-state index contributed by atoms with van der Waals surface area (Å²) in [5.74, 6) is 1.14. The smallest absolute Gasteiger partial charge is 0.137 e. The lowest BCUT2D eigenvalue weighted by Crippen LogP contribution is -2.38. The van der Waals surface area contributed by atoms with E-state index in [0.717, 1.165) is 22.4 Å². The van der Waals surface area contributed by atoms with Crippen LogP contribution in [0.2, 0.25) is 0 Å². The highest BCUT2D eigenvalue weighted by molar-refractivity contribution is 5.64. The van der Waals surface area contributed by atoms with Gasteiger partial charge in [-0.15, -0.1) is 0 Å². The van der Waals surface area contributed by atoms with Crippen LogP contribution in [0.4, 0.5) is 0 Å². The Labute approximate surface area is 120 Å². The van der Waals surface area contributed by atoms with Gasteiger partial charge in [0.1, 0.15) is 5.75 Å². The normalized spacial score (nSPS) is 14.1. The Morgan fingerprint density at radius 2 is 1.75 bits per heavy atom. The molecule has 3 nitrogen and oxygen atoms in total. The number of hydrogen-bond donors (Lipinski definition) is 1. The highest BCUT2D eigenvalue weighted by atomic mass is 16.5. The first-order valence-electron chi connectivity index (χ1n) is 6.84. The number of ether oxygens (including phenoxy) is 1. The number of rotatable bonds is 4. The second kappa shape index (κ2) is 5.63. The van der Waals surface area contributed by atoms with Crippen LogP contribution in [-0.4, -0.2) is 12.1 Å². The third kappa shape index (κ3) is 2.83. The van der Waals surface area contributed by atoms with E-state index in [9.17, 15) is 0 Å². The minimum atomic E-state index is -0.314. The van der Waals surface area contributed by atoms with Crippen LogP contribution in [0.1, 0.15) is 26.3 Å². The molecule has 1 heterocycles. The van der Waals surface area contributed by atoms with Crippen molar-refractivity contribution in [1.29, 1.82) is 0 Å². The van der Waals surface area contributed by atoms with Gasteiger partial charge in [0.2, 0.25) is 0 Å². The molecule has 3 heteroatoms. The molecule has 0 fully saturated rings. The van der Waals surface area contributed by atoms with E-state index < -0.39 is 0 Å². The molecular formula is C17H22N2O. The van der Waals surface area contributed by atoms with Gasteiger partial charge in [0, 0.05) is 17.3 Å². The molecule has 0 saturated carbocycles. The fourth-order valence-electron chi connectivity index (χ4n) is 2.04. The Morgan fingerprint density at radius 1 is 1.10 bits per heavy atom. The molecule has 0 bridgehead atoms. The molecule has 0 aliphatic carbocycles. The number of benzene rings is 1. The minimum Gasteiger partial charge on any atom is -0.495 e. The van der Waals surface area contributed by atoms with Gasteiger partial charge >= 0.3 is 0 Å². The summed E-state index contributed by atoms with van der Waals surface area (Å²) in [6.07, 6.45) is 3.54. The molecule has 0 amide bonds. The first kappa shape index (κ1) is 14.5. The molecule has 1 aromatic carbocycles. The lowest BCUT2D eigenvalue weighted by molar-refractivity contribution is 0.350. The Balaban J connectivity index is 2.32. The average Bonchev–Trinajstić information content (AvgIpc) is 2.47. The first-order valence-corrected chi connectivity index (χ1v) is 6.84. The van der Waals surface area contributed by atoms with Gasteiger partial charge in [0.25, 0.3) is 0 Å². The van der Waals surface area contributed by atoms with E-state index in [1.54, 1.807) is 13.3 Å². The standard InChI is InChI=1S/C17H22N2O/c1-12(2)17(3,18)15-7-5-13(6-8-15)14-9-16(20-4)11-19-10-14/h5-12H,18H2,1-4H3. The fourth-order valence-corrected chi connectivity index (χ4v) is 2.04. The van der Waals surface area contributed by atoms with Crippen LogP contribution < -0.4 is 10.5 Å². The van der Waals surface area contributed by atoms with Gasteiger partial charge in [-0.25, -0.2) is 0 Å². The monoisotopic (exact) mass is 270 g/mol. The third-order valence-electron chi connectivity index (χ3n) is 3.99. The zero-order chi connectivity index (χ0) is 14.8. The number of nitrogens with zero attached hydrogens (tertiary/aromatic N) is 1. The van der Waals surface area contributed by atoms with E-state index in [0.29, 0.717) is 5.92 Å². The number of hydrogen-bond acceptors (Lipinski definition) is 3. The highest BCUT2D eigenvalue weighted by Gasteiger charge is 2.24. The summed E-state index contributed by atoms with van der Waals surface area (Å²) in [5, 5.41) is 0. The van der Waals surface area contributed by atoms with Gasteiger partial charge in [-0.2, -0.15) is 0 Å². The predicted octanol–water partition coefficient (Wildman–Crippen LogP) is 3.59. The molecule has 0 radical (unpaired) electrons. The van der Waals surface area contributed by atoms with Gasteiger partial charge < -0.3 is 10.5 Å². The number of pyridine rings is 1. The Hall–Kier alpha value is -1.87. The minimum absolute atomic E-state index is 0.314. The second-order valence-electron chi connectivity index (χ2n) is 5.63. The van der Waals surface area contributed by atoms with E-state index in [-0.39, 0.29) is 5.54 Å². The maximum absolute atomic E-state index is 6.38. The Bertz CT molecular complexity index is 574. The molecule has 0 spiro atoms. The third-order valence-corrected chi connectivity index (χ3v) is 3.99. The Morgan fingerprint density at radius 3 is 2.30 bits per heavy atom. The molecule has 1 atom stereocenters. The van der Waals surface area contributed by atoms with Crippen molar-refractivity contribution >= 4 is 0 Å². The van der Waals surface area contributed by atoms with E-state index >= 15 is 0 Å². The van der Waals surface area contributed by atoms with Crippen molar-refractivity contribution in [3.63, 3.8) is 0 Å². The summed E-state index contributed by atoms with van der Waals surface area (Å²) in [7, 11) is 1.65. The first-order chi connectivity index (χ1) is 9.45. The number of aromatic nitrogens is 1. The van der Waals surface area contributed by atoms with Gasteiger partial charge in [-0.05, 0) is 30.0 Å². The maximum atomic E-state index is 6.38. The summed E-state index contributed by atoms with van der Waals surface area (Å²) in [6, 6.07) is 10.3. The van der Waals surface area contributed by atoms with Crippen molar-refractivity contribution in [2.45, 2.75) is 26.3 Å². The molecule has 20 heavy (non-hydrogen) atoms. The van der Waals surface area contributed by atoms with Crippen LogP contribution in [0.3, 0.4) is 0 Å². The molecule has 2 N–H and O–H groups in total. The number of nitrogens with two attached hydrogens (primary N) is 1. The van der Waals surface area contributed by atoms with Crippen LogP contribution in [0.5, 0.6) is 5.75 Å². The van der Waals surface area contributed by atoms with Crippen LogP contribution in [0.15, 0.2) is 42.7 Å². The molecule has 106 valence electrons. The van der Waals surface area contributed by atoms with E-state index in [2.05, 4.69) is 50.0 Å². The van der Waals surface area contributed by atoms with Gasteiger partial charge in [0.05, 0.1) is 13.3 Å². The van der Waals surface area contributed by atoms with Crippen molar-refractivity contribution in [2.24, 2.45) is 11.7 Å². The van der Waals surface area contributed by atoms with Crippen molar-refractivity contribution in [2.75, 3.05) is 7.11 Å². The van der Waals surface area contributed by atoms with Crippen LogP contribution in [0, 0.1) is 5.92 Å². The molecule has 0 aliphatic heterocycles. The van der Waals surface area contributed by atoms with Crippen molar-refractivity contribution in [1.82, 2.24) is 4.98 Å². The summed E-state index contributed by atoms with van der Waals surface area (Å²) in [4.78, 5) is 4.18. The van der Waals surface area contributed by atoms with Crippen LogP contribution in [-0.2, 0) is 5.54 Å². The molecule has 2 aromatic rings. The topological polar surface area (TPSA) is 48.1 Å². The molecule has 1 aromatic heterocycles. The Kier molecular flexibility index (Phi) is 4.09. The predicted molar refractivity (Wildman–Crippen MR) is 82.6 cm³/mol. The van der Waals surface area contributed by atoms with Crippen LogP contribution in [0.25, 0.3) is 11.1 Å². The molecule has 2 rings (SSSR count). The second-order valence-corrected chi connectivity index (χ2v) is 5.63. The highest BCUT2D eigenvalue weighted by Crippen LogP contribution is 2.29. The molecular weight excluding hydrogens is 248 g/mol. The lowest BCUT2D eigenvalue weighted by atomic mass is 9.82. The maximum Gasteiger partial charge on any atom is 0.137 e. The fraction of sp³-hybridized carbons (Fsp3) is 0.353. The zero-order valence-corrected chi connectivity index (χ0v) is 12.6. The van der Waals surface area contributed by atoms with Gasteiger partial charge in [-0.1, -0.05) is 38.1 Å². The summed E-state index contributed by atoms with van der Waals surface area (Å²) >= 11 is 0. The summed E-state index contributed by atoms with van der Waals surface area (Å²) in [6.45, 7) is 6.35. The van der Waals surface area contributed by atoms with Crippen LogP contribution >= 0.6 is 0 Å². The molecule has 0 saturated heterocycles. The zero-order valence-electron chi connectivity index (χ0n) is 12.6. The van der Waals surface area contributed by atoms with Gasteiger partial charge in [-0.3, -0.25) is 4.98 Å². The molecule has 0 aliphatic rings. The van der Waals surface area contributed by atoms with Crippen molar-refractivity contribution in [3.05, 3.63) is 48.3 Å². The largest absolute Gasteiger partial charge is 0.495 e. The number of methoxy groups -OCH3 is 1. The van der Waals surface area contributed by atoms with E-state index in [1.165, 1.54) is 0 Å².